The highest BCUT2D eigenvalue weighted by molar-refractivity contribution is 9.10. The summed E-state index contributed by atoms with van der Waals surface area (Å²) in [6, 6.07) is 2.20. The van der Waals surface area contributed by atoms with Crippen LogP contribution in [0.3, 0.4) is 0 Å². The molecule has 21 heavy (non-hydrogen) atoms. The van der Waals surface area contributed by atoms with Crippen LogP contribution in [0, 0.1) is 5.82 Å². The van der Waals surface area contributed by atoms with E-state index in [0.29, 0.717) is 0 Å². The van der Waals surface area contributed by atoms with Gasteiger partial charge in [-0.15, -0.1) is 0 Å². The van der Waals surface area contributed by atoms with Gasteiger partial charge in [-0.05, 0) is 37.8 Å². The van der Waals surface area contributed by atoms with E-state index in [1.54, 1.807) is 0 Å². The van der Waals surface area contributed by atoms with E-state index in [-0.39, 0.29) is 10.6 Å². The molecule has 0 N–H and O–H groups in total. The third kappa shape index (κ3) is 4.17. The predicted molar refractivity (Wildman–Crippen MR) is 79.4 cm³/mol. The van der Waals surface area contributed by atoms with Crippen LogP contribution in [0.15, 0.2) is 21.5 Å². The Balaban J connectivity index is 2.30. The van der Waals surface area contributed by atoms with Crippen molar-refractivity contribution < 1.29 is 22.3 Å². The Kier molecular flexibility index (Phi) is 5.27. The first kappa shape index (κ1) is 16.7. The molecule has 1 fully saturated rings. The summed E-state index contributed by atoms with van der Waals surface area (Å²) >= 11 is 3.04. The second-order valence-electron chi connectivity index (χ2n) is 4.87. The molecule has 1 aliphatic carbocycles. The first-order chi connectivity index (χ1) is 9.79. The van der Waals surface area contributed by atoms with Crippen LogP contribution in [0.4, 0.5) is 4.39 Å². The van der Waals surface area contributed by atoms with Crippen molar-refractivity contribution in [3.05, 3.63) is 28.0 Å². The molecule has 0 aliphatic heterocycles. The normalized spacial score (nSPS) is 16.7. The van der Waals surface area contributed by atoms with Crippen molar-refractivity contribution in [3.63, 3.8) is 0 Å². The first-order valence-corrected chi connectivity index (χ1v) is 9.54. The van der Waals surface area contributed by atoms with Gasteiger partial charge in [0.15, 0.2) is 5.82 Å². The topological polar surface area (TPSA) is 60.4 Å². The molecular formula is C13H13BrClFO4S. The van der Waals surface area contributed by atoms with E-state index in [4.69, 9.17) is 15.4 Å². The summed E-state index contributed by atoms with van der Waals surface area (Å²) < 4.78 is 42.3. The molecule has 116 valence electrons. The summed E-state index contributed by atoms with van der Waals surface area (Å²) in [7, 11) is 0.878. The average molecular weight is 400 g/mol. The fraction of sp³-hybridized carbons (Fsp3) is 0.462. The Bertz CT molecular complexity index is 656. The lowest BCUT2D eigenvalue weighted by molar-refractivity contribution is 0.0205. The van der Waals surface area contributed by atoms with Gasteiger partial charge in [-0.25, -0.2) is 17.6 Å². The lowest BCUT2D eigenvalue weighted by Gasteiger charge is -2.22. The van der Waals surface area contributed by atoms with Crippen LogP contribution in [0.25, 0.3) is 0 Å². The fourth-order valence-corrected chi connectivity index (χ4v) is 3.83. The summed E-state index contributed by atoms with van der Waals surface area (Å²) in [6.45, 7) is 0. The predicted octanol–water partition coefficient (Wildman–Crippen LogP) is 4.01. The zero-order chi connectivity index (χ0) is 15.6. The maximum absolute atomic E-state index is 14.2. The maximum atomic E-state index is 14.2. The maximum Gasteiger partial charge on any atom is 0.341 e. The van der Waals surface area contributed by atoms with Gasteiger partial charge in [-0.2, -0.15) is 0 Å². The lowest BCUT2D eigenvalue weighted by Crippen LogP contribution is -2.22. The Morgan fingerprint density at radius 3 is 2.48 bits per heavy atom. The van der Waals surface area contributed by atoms with E-state index in [1.807, 2.05) is 0 Å². The molecule has 0 bridgehead atoms. The molecule has 1 aliphatic rings. The van der Waals surface area contributed by atoms with E-state index in [2.05, 4.69) is 15.9 Å². The quantitative estimate of drug-likeness (QED) is 0.569. The van der Waals surface area contributed by atoms with Gasteiger partial charge in [0.2, 0.25) is 0 Å². The smallest absolute Gasteiger partial charge is 0.341 e. The molecule has 8 heteroatoms. The van der Waals surface area contributed by atoms with Crippen molar-refractivity contribution in [1.29, 1.82) is 0 Å². The van der Waals surface area contributed by atoms with Crippen molar-refractivity contribution in [2.24, 2.45) is 0 Å². The Morgan fingerprint density at radius 1 is 1.29 bits per heavy atom. The van der Waals surface area contributed by atoms with Crippen LogP contribution in [0.1, 0.15) is 42.5 Å². The Hall–Kier alpha value is -0.660. The lowest BCUT2D eigenvalue weighted by atomic mass is 9.98. The van der Waals surface area contributed by atoms with Crippen molar-refractivity contribution in [2.75, 3.05) is 0 Å². The molecule has 0 amide bonds. The number of carbonyl (C=O) groups excluding carboxylic acids is 1. The van der Waals surface area contributed by atoms with Crippen LogP contribution in [0.2, 0.25) is 0 Å². The number of esters is 1. The number of benzene rings is 1. The van der Waals surface area contributed by atoms with E-state index in [9.17, 15) is 17.6 Å². The number of ether oxygens (including phenoxy) is 1. The Labute approximate surface area is 135 Å². The number of hydrogen-bond acceptors (Lipinski definition) is 4. The number of halogens is 3. The highest BCUT2D eigenvalue weighted by Gasteiger charge is 2.26. The highest BCUT2D eigenvalue weighted by Crippen LogP contribution is 2.28. The van der Waals surface area contributed by atoms with Gasteiger partial charge in [-0.1, -0.05) is 22.4 Å². The molecule has 1 aromatic carbocycles. The van der Waals surface area contributed by atoms with Gasteiger partial charge >= 0.3 is 5.97 Å². The second kappa shape index (κ2) is 6.62. The summed E-state index contributed by atoms with van der Waals surface area (Å²) in [5.41, 5.74) is -0.436. The van der Waals surface area contributed by atoms with Crippen molar-refractivity contribution >= 4 is 41.6 Å². The molecule has 1 aromatic rings. The minimum atomic E-state index is -4.29. The Morgan fingerprint density at radius 2 is 1.90 bits per heavy atom. The SMILES string of the molecule is O=C(OC1CCCCC1)c1cc(Br)cc(S(=O)(=O)Cl)c1F. The molecular weight excluding hydrogens is 387 g/mol. The van der Waals surface area contributed by atoms with Crippen LogP contribution in [-0.2, 0) is 13.8 Å². The number of rotatable bonds is 3. The minimum absolute atomic E-state index is 0.235. The third-order valence-electron chi connectivity index (χ3n) is 3.31. The summed E-state index contributed by atoms with van der Waals surface area (Å²) in [6.07, 6.45) is 4.24. The molecule has 0 saturated heterocycles. The van der Waals surface area contributed by atoms with Gasteiger partial charge in [-0.3, -0.25) is 0 Å². The van der Waals surface area contributed by atoms with Gasteiger partial charge in [0.25, 0.3) is 9.05 Å². The monoisotopic (exact) mass is 398 g/mol. The molecule has 0 unspecified atom stereocenters. The largest absolute Gasteiger partial charge is 0.459 e. The van der Waals surface area contributed by atoms with Crippen LogP contribution in [-0.4, -0.2) is 20.5 Å². The van der Waals surface area contributed by atoms with Crippen molar-refractivity contribution in [2.45, 2.75) is 43.1 Å². The zero-order valence-electron chi connectivity index (χ0n) is 10.9. The summed E-state index contributed by atoms with van der Waals surface area (Å²) in [4.78, 5) is 11.3. The van der Waals surface area contributed by atoms with Gasteiger partial charge in [0, 0.05) is 15.2 Å². The fourth-order valence-electron chi connectivity index (χ4n) is 2.29. The zero-order valence-corrected chi connectivity index (χ0v) is 14.1. The van der Waals surface area contributed by atoms with Gasteiger partial charge in [0.1, 0.15) is 11.0 Å². The standard InChI is InChI=1S/C13H13BrClFO4S/c14-8-6-10(12(16)11(7-8)21(15,18)19)13(17)20-9-4-2-1-3-5-9/h6-7,9H,1-5H2. The van der Waals surface area contributed by atoms with E-state index >= 15 is 0 Å². The first-order valence-electron chi connectivity index (χ1n) is 6.43. The van der Waals surface area contributed by atoms with Crippen molar-refractivity contribution in [1.82, 2.24) is 0 Å². The molecule has 0 aromatic heterocycles. The molecule has 0 atom stereocenters. The van der Waals surface area contributed by atoms with E-state index in [1.165, 1.54) is 6.07 Å². The average Bonchev–Trinajstić information content (AvgIpc) is 2.40. The number of hydrogen-bond donors (Lipinski definition) is 0. The van der Waals surface area contributed by atoms with Gasteiger partial charge in [0.05, 0.1) is 5.56 Å². The van der Waals surface area contributed by atoms with Gasteiger partial charge < -0.3 is 4.74 Å². The summed E-state index contributed by atoms with van der Waals surface area (Å²) in [5.74, 6) is -2.06. The highest BCUT2D eigenvalue weighted by atomic mass is 79.9. The third-order valence-corrected chi connectivity index (χ3v) is 5.09. The van der Waals surface area contributed by atoms with Crippen LogP contribution >= 0.6 is 26.6 Å². The minimum Gasteiger partial charge on any atom is -0.459 e. The molecule has 0 heterocycles. The van der Waals surface area contributed by atoms with Crippen LogP contribution < -0.4 is 0 Å². The molecule has 2 rings (SSSR count). The van der Waals surface area contributed by atoms with E-state index < -0.39 is 31.3 Å². The molecule has 1 saturated carbocycles. The molecule has 0 radical (unpaired) electrons. The number of carbonyl (C=O) groups is 1. The van der Waals surface area contributed by atoms with E-state index in [0.717, 1.165) is 38.2 Å². The molecule has 0 spiro atoms. The van der Waals surface area contributed by atoms with Crippen molar-refractivity contribution in [3.8, 4) is 0 Å². The summed E-state index contributed by atoms with van der Waals surface area (Å²) in [5, 5.41) is 0. The molecule has 4 nitrogen and oxygen atoms in total. The second-order valence-corrected chi connectivity index (χ2v) is 8.32. The van der Waals surface area contributed by atoms with Crippen LogP contribution in [0.5, 0.6) is 0 Å².